The molecular formula is C13H20N2O3S. The molecule has 0 fully saturated rings. The molecule has 0 aromatic carbocycles. The summed E-state index contributed by atoms with van der Waals surface area (Å²) in [5, 5.41) is 7.30. The Hall–Kier alpha value is -1.56. The van der Waals surface area contributed by atoms with Crippen LogP contribution in [-0.4, -0.2) is 25.7 Å². The van der Waals surface area contributed by atoms with Gasteiger partial charge in [-0.1, -0.05) is 19.8 Å². The van der Waals surface area contributed by atoms with Crippen molar-refractivity contribution in [2.45, 2.75) is 33.1 Å². The van der Waals surface area contributed by atoms with Crippen molar-refractivity contribution in [3.8, 4) is 0 Å². The van der Waals surface area contributed by atoms with E-state index in [1.807, 2.05) is 12.3 Å². The van der Waals surface area contributed by atoms with E-state index in [9.17, 15) is 9.59 Å². The van der Waals surface area contributed by atoms with Gasteiger partial charge in [0.05, 0.1) is 12.8 Å². The highest BCUT2D eigenvalue weighted by Gasteiger charge is 2.18. The Labute approximate surface area is 117 Å². The second-order valence-corrected chi connectivity index (χ2v) is 5.08. The SMILES string of the molecule is CCCCCNC(=O)Nc1c(C)csc1C(=O)OC. The summed E-state index contributed by atoms with van der Waals surface area (Å²) in [6.45, 7) is 4.59. The second kappa shape index (κ2) is 7.78. The van der Waals surface area contributed by atoms with Gasteiger partial charge in [0.25, 0.3) is 0 Å². The average molecular weight is 284 g/mol. The summed E-state index contributed by atoms with van der Waals surface area (Å²) in [5.41, 5.74) is 1.39. The number of anilines is 1. The first-order valence-corrected chi connectivity index (χ1v) is 7.19. The van der Waals surface area contributed by atoms with Crippen LogP contribution in [0.1, 0.15) is 41.4 Å². The zero-order valence-corrected chi connectivity index (χ0v) is 12.4. The summed E-state index contributed by atoms with van der Waals surface area (Å²) in [6, 6.07) is -0.289. The summed E-state index contributed by atoms with van der Waals surface area (Å²) >= 11 is 1.27. The number of amides is 2. The minimum Gasteiger partial charge on any atom is -0.465 e. The lowest BCUT2D eigenvalue weighted by atomic mass is 10.2. The van der Waals surface area contributed by atoms with E-state index in [-0.39, 0.29) is 6.03 Å². The summed E-state index contributed by atoms with van der Waals surface area (Å²) in [6.07, 6.45) is 3.15. The maximum atomic E-state index is 11.7. The Balaban J connectivity index is 2.58. The van der Waals surface area contributed by atoms with Crippen LogP contribution in [0.25, 0.3) is 0 Å². The van der Waals surface area contributed by atoms with Crippen LogP contribution in [0.3, 0.4) is 0 Å². The van der Waals surface area contributed by atoms with Gasteiger partial charge in [-0.2, -0.15) is 0 Å². The van der Waals surface area contributed by atoms with Gasteiger partial charge in [0.15, 0.2) is 0 Å². The fourth-order valence-electron chi connectivity index (χ4n) is 1.58. The van der Waals surface area contributed by atoms with Crippen LogP contribution in [0.15, 0.2) is 5.38 Å². The molecule has 0 spiro atoms. The van der Waals surface area contributed by atoms with Gasteiger partial charge in [-0.3, -0.25) is 0 Å². The van der Waals surface area contributed by atoms with E-state index in [4.69, 9.17) is 0 Å². The third kappa shape index (κ3) is 4.55. The van der Waals surface area contributed by atoms with Gasteiger partial charge in [-0.15, -0.1) is 11.3 Å². The van der Waals surface area contributed by atoms with Crippen LogP contribution in [0.2, 0.25) is 0 Å². The number of hydrogen-bond acceptors (Lipinski definition) is 4. The third-order valence-corrected chi connectivity index (χ3v) is 3.73. The maximum absolute atomic E-state index is 11.7. The molecule has 0 saturated heterocycles. The van der Waals surface area contributed by atoms with Gasteiger partial charge in [0.1, 0.15) is 4.88 Å². The van der Waals surface area contributed by atoms with Gasteiger partial charge in [-0.05, 0) is 24.3 Å². The maximum Gasteiger partial charge on any atom is 0.350 e. The average Bonchev–Trinajstić information content (AvgIpc) is 2.75. The molecule has 0 bridgehead atoms. The minimum absolute atomic E-state index is 0.289. The van der Waals surface area contributed by atoms with E-state index in [0.29, 0.717) is 17.1 Å². The van der Waals surface area contributed by atoms with E-state index in [1.54, 1.807) is 0 Å². The fourth-order valence-corrected chi connectivity index (χ4v) is 2.50. The Morgan fingerprint density at radius 2 is 2.11 bits per heavy atom. The van der Waals surface area contributed by atoms with Gasteiger partial charge in [0, 0.05) is 6.54 Å². The third-order valence-electron chi connectivity index (χ3n) is 2.65. The van der Waals surface area contributed by atoms with Crippen molar-refractivity contribution in [3.63, 3.8) is 0 Å². The van der Waals surface area contributed by atoms with Crippen LogP contribution in [0, 0.1) is 6.92 Å². The molecule has 0 aliphatic carbocycles. The predicted molar refractivity (Wildman–Crippen MR) is 76.9 cm³/mol. The van der Waals surface area contributed by atoms with Crippen molar-refractivity contribution in [1.82, 2.24) is 5.32 Å². The lowest BCUT2D eigenvalue weighted by Crippen LogP contribution is -2.30. The number of carbonyl (C=O) groups is 2. The minimum atomic E-state index is -0.431. The molecule has 1 rings (SSSR count). The van der Waals surface area contributed by atoms with Crippen molar-refractivity contribution < 1.29 is 14.3 Å². The first-order chi connectivity index (χ1) is 9.10. The highest BCUT2D eigenvalue weighted by molar-refractivity contribution is 7.12. The molecule has 0 saturated carbocycles. The lowest BCUT2D eigenvalue weighted by molar-refractivity contribution is 0.0607. The quantitative estimate of drug-likeness (QED) is 0.623. The molecule has 0 unspecified atom stereocenters. The monoisotopic (exact) mass is 284 g/mol. The number of rotatable bonds is 6. The molecule has 6 heteroatoms. The topological polar surface area (TPSA) is 67.4 Å². The summed E-state index contributed by atoms with van der Waals surface area (Å²) < 4.78 is 4.68. The normalized spacial score (nSPS) is 10.1. The Morgan fingerprint density at radius 3 is 2.74 bits per heavy atom. The van der Waals surface area contributed by atoms with E-state index in [0.717, 1.165) is 24.8 Å². The largest absolute Gasteiger partial charge is 0.465 e. The van der Waals surface area contributed by atoms with Gasteiger partial charge >= 0.3 is 12.0 Å². The predicted octanol–water partition coefficient (Wildman–Crippen LogP) is 3.15. The number of unbranched alkanes of at least 4 members (excludes halogenated alkanes) is 2. The first-order valence-electron chi connectivity index (χ1n) is 6.31. The summed E-state index contributed by atoms with van der Waals surface area (Å²) in [7, 11) is 1.33. The summed E-state index contributed by atoms with van der Waals surface area (Å²) in [4.78, 5) is 23.7. The molecule has 0 aliphatic rings. The van der Waals surface area contributed by atoms with Crippen molar-refractivity contribution in [3.05, 3.63) is 15.8 Å². The number of methoxy groups -OCH3 is 1. The highest BCUT2D eigenvalue weighted by Crippen LogP contribution is 2.28. The molecule has 19 heavy (non-hydrogen) atoms. The van der Waals surface area contributed by atoms with Gasteiger partial charge in [0.2, 0.25) is 0 Å². The first kappa shape index (κ1) is 15.5. The van der Waals surface area contributed by atoms with Crippen molar-refractivity contribution in [1.29, 1.82) is 0 Å². The number of esters is 1. The molecule has 2 amide bonds. The van der Waals surface area contributed by atoms with E-state index in [2.05, 4.69) is 22.3 Å². The zero-order chi connectivity index (χ0) is 14.3. The smallest absolute Gasteiger partial charge is 0.350 e. The van der Waals surface area contributed by atoms with Crippen LogP contribution >= 0.6 is 11.3 Å². The molecule has 0 radical (unpaired) electrons. The zero-order valence-electron chi connectivity index (χ0n) is 11.5. The number of thiophene rings is 1. The molecule has 106 valence electrons. The van der Waals surface area contributed by atoms with Crippen LogP contribution in [-0.2, 0) is 4.74 Å². The number of nitrogens with one attached hydrogen (secondary N) is 2. The molecule has 2 N–H and O–H groups in total. The van der Waals surface area contributed by atoms with Crippen molar-refractivity contribution in [2.75, 3.05) is 19.0 Å². The number of ether oxygens (including phenoxy) is 1. The van der Waals surface area contributed by atoms with Gasteiger partial charge < -0.3 is 15.4 Å². The molecule has 1 heterocycles. The van der Waals surface area contributed by atoms with E-state index in [1.165, 1.54) is 18.4 Å². The van der Waals surface area contributed by atoms with Crippen molar-refractivity contribution >= 4 is 29.0 Å². The molecule has 1 aromatic rings. The fraction of sp³-hybridized carbons (Fsp3) is 0.538. The second-order valence-electron chi connectivity index (χ2n) is 4.20. The summed E-state index contributed by atoms with van der Waals surface area (Å²) in [5.74, 6) is -0.431. The number of carbonyl (C=O) groups excluding carboxylic acids is 2. The Kier molecular flexibility index (Phi) is 6.35. The number of hydrogen-bond donors (Lipinski definition) is 2. The molecule has 5 nitrogen and oxygen atoms in total. The Bertz CT molecular complexity index is 443. The van der Waals surface area contributed by atoms with E-state index >= 15 is 0 Å². The molecular weight excluding hydrogens is 264 g/mol. The van der Waals surface area contributed by atoms with Gasteiger partial charge in [-0.25, -0.2) is 9.59 Å². The standard InChI is InChI=1S/C13H20N2O3S/c1-4-5-6-7-14-13(17)15-10-9(2)8-19-11(10)12(16)18-3/h8H,4-7H2,1-3H3,(H2,14,15,17). The van der Waals surface area contributed by atoms with E-state index < -0.39 is 5.97 Å². The number of urea groups is 1. The lowest BCUT2D eigenvalue weighted by Gasteiger charge is -2.08. The van der Waals surface area contributed by atoms with Crippen LogP contribution < -0.4 is 10.6 Å². The molecule has 1 aromatic heterocycles. The molecule has 0 atom stereocenters. The van der Waals surface area contributed by atoms with Crippen LogP contribution in [0.4, 0.5) is 10.5 Å². The number of aryl methyl sites for hydroxylation is 1. The highest BCUT2D eigenvalue weighted by atomic mass is 32.1. The van der Waals surface area contributed by atoms with Crippen LogP contribution in [0.5, 0.6) is 0 Å². The molecule has 0 aliphatic heterocycles. The van der Waals surface area contributed by atoms with Crippen molar-refractivity contribution in [2.24, 2.45) is 0 Å². The Morgan fingerprint density at radius 1 is 1.37 bits per heavy atom.